The molecule has 0 radical (unpaired) electrons. The summed E-state index contributed by atoms with van der Waals surface area (Å²) in [5.41, 5.74) is 1.66. The summed E-state index contributed by atoms with van der Waals surface area (Å²) in [5, 5.41) is 3.28. The second-order valence-electron chi connectivity index (χ2n) is 5.79. The van der Waals surface area contributed by atoms with E-state index in [1.165, 1.54) is 0 Å². The zero-order chi connectivity index (χ0) is 17.8. The van der Waals surface area contributed by atoms with Crippen LogP contribution < -0.4 is 19.5 Å². The van der Waals surface area contributed by atoms with Crippen LogP contribution in [0.1, 0.15) is 19.4 Å². The highest BCUT2D eigenvalue weighted by atomic mass is 35.5. The average Bonchev–Trinajstić information content (AvgIpc) is 2.93. The average molecular weight is 362 g/mol. The van der Waals surface area contributed by atoms with Crippen LogP contribution in [-0.2, 0) is 11.2 Å². The lowest BCUT2D eigenvalue weighted by Gasteiger charge is -2.14. The molecule has 1 atom stereocenters. The summed E-state index contributed by atoms with van der Waals surface area (Å²) in [4.78, 5) is 12.2. The maximum absolute atomic E-state index is 12.2. The van der Waals surface area contributed by atoms with Gasteiger partial charge in [-0.1, -0.05) is 23.7 Å². The quantitative estimate of drug-likeness (QED) is 0.842. The third-order valence-corrected chi connectivity index (χ3v) is 4.08. The van der Waals surface area contributed by atoms with Crippen molar-refractivity contribution >= 4 is 23.2 Å². The molecule has 0 aliphatic carbocycles. The van der Waals surface area contributed by atoms with Crippen molar-refractivity contribution in [2.45, 2.75) is 26.4 Å². The van der Waals surface area contributed by atoms with Crippen LogP contribution in [0.15, 0.2) is 36.4 Å². The fourth-order valence-electron chi connectivity index (χ4n) is 2.70. The summed E-state index contributed by atoms with van der Waals surface area (Å²) in [6, 6.07) is 10.7. The maximum Gasteiger partial charge on any atom is 0.262 e. The third-order valence-electron chi connectivity index (χ3n) is 3.77. The summed E-state index contributed by atoms with van der Waals surface area (Å²) in [6.07, 6.45) is 0.957. The number of ether oxygens (including phenoxy) is 3. The number of carbonyl (C=O) groups is 1. The van der Waals surface area contributed by atoms with Gasteiger partial charge in [0, 0.05) is 18.1 Å². The minimum absolute atomic E-state index is 0.124. The summed E-state index contributed by atoms with van der Waals surface area (Å²) >= 11 is 6.02. The van der Waals surface area contributed by atoms with Gasteiger partial charge in [-0.15, -0.1) is 0 Å². The van der Waals surface area contributed by atoms with Crippen molar-refractivity contribution in [2.24, 2.45) is 0 Å². The van der Waals surface area contributed by atoms with Gasteiger partial charge in [-0.2, -0.15) is 0 Å². The van der Waals surface area contributed by atoms with Crippen molar-refractivity contribution in [3.8, 4) is 17.2 Å². The van der Waals surface area contributed by atoms with Crippen LogP contribution in [0.25, 0.3) is 0 Å². The predicted molar refractivity (Wildman–Crippen MR) is 97.0 cm³/mol. The molecule has 0 fully saturated rings. The van der Waals surface area contributed by atoms with E-state index in [0.29, 0.717) is 28.8 Å². The zero-order valence-electron chi connectivity index (χ0n) is 14.2. The summed E-state index contributed by atoms with van der Waals surface area (Å²) in [6.45, 7) is 4.27. The van der Waals surface area contributed by atoms with E-state index in [2.05, 4.69) is 5.32 Å². The van der Waals surface area contributed by atoms with Crippen LogP contribution in [0.5, 0.6) is 17.2 Å². The van der Waals surface area contributed by atoms with Gasteiger partial charge in [-0.3, -0.25) is 4.79 Å². The number of nitrogens with one attached hydrogen (secondary N) is 1. The second kappa shape index (κ2) is 7.66. The fourth-order valence-corrected chi connectivity index (χ4v) is 2.89. The Morgan fingerprint density at radius 3 is 2.84 bits per heavy atom. The van der Waals surface area contributed by atoms with Crippen molar-refractivity contribution in [1.29, 1.82) is 0 Å². The van der Waals surface area contributed by atoms with Crippen molar-refractivity contribution in [3.63, 3.8) is 0 Å². The Labute approximate surface area is 151 Å². The topological polar surface area (TPSA) is 56.8 Å². The van der Waals surface area contributed by atoms with Gasteiger partial charge in [0.1, 0.15) is 23.4 Å². The highest BCUT2D eigenvalue weighted by Gasteiger charge is 2.22. The van der Waals surface area contributed by atoms with Crippen molar-refractivity contribution in [2.75, 3.05) is 18.5 Å². The highest BCUT2D eigenvalue weighted by Crippen LogP contribution is 2.38. The lowest BCUT2D eigenvalue weighted by Crippen LogP contribution is -2.20. The molecular formula is C19H20ClNO4. The van der Waals surface area contributed by atoms with E-state index in [0.717, 1.165) is 17.7 Å². The molecule has 132 valence electrons. The lowest BCUT2D eigenvalue weighted by molar-refractivity contribution is -0.118. The van der Waals surface area contributed by atoms with E-state index in [1.807, 2.05) is 19.9 Å². The first kappa shape index (κ1) is 17.4. The molecule has 5 nitrogen and oxygen atoms in total. The Bertz CT molecular complexity index is 778. The molecule has 2 aromatic rings. The van der Waals surface area contributed by atoms with E-state index in [9.17, 15) is 4.79 Å². The first-order chi connectivity index (χ1) is 12.1. The summed E-state index contributed by atoms with van der Waals surface area (Å²) in [7, 11) is 0. The van der Waals surface area contributed by atoms with Gasteiger partial charge in [-0.25, -0.2) is 0 Å². The van der Waals surface area contributed by atoms with Gasteiger partial charge in [0.2, 0.25) is 0 Å². The number of anilines is 1. The largest absolute Gasteiger partial charge is 0.492 e. The van der Waals surface area contributed by atoms with Gasteiger partial charge in [0.05, 0.1) is 17.3 Å². The first-order valence-corrected chi connectivity index (χ1v) is 8.58. The molecule has 1 N–H and O–H groups in total. The van der Waals surface area contributed by atoms with Crippen LogP contribution in [0.4, 0.5) is 5.69 Å². The fraction of sp³-hybridized carbons (Fsp3) is 0.316. The second-order valence-corrected chi connectivity index (χ2v) is 6.20. The highest BCUT2D eigenvalue weighted by molar-refractivity contribution is 6.32. The molecule has 1 aliphatic heterocycles. The number of halogens is 1. The van der Waals surface area contributed by atoms with Gasteiger partial charge in [-0.05, 0) is 32.0 Å². The SMILES string of the molecule is CCOc1cc2c(cc1NC(=O)COc1ccccc1Cl)O[C@H](C)C2. The normalized spacial score (nSPS) is 15.2. The summed E-state index contributed by atoms with van der Waals surface area (Å²) in [5.74, 6) is 1.57. The number of hydrogen-bond acceptors (Lipinski definition) is 4. The third kappa shape index (κ3) is 4.17. The van der Waals surface area contributed by atoms with E-state index in [1.54, 1.807) is 30.3 Å². The maximum atomic E-state index is 12.2. The number of hydrogen-bond donors (Lipinski definition) is 1. The van der Waals surface area contributed by atoms with Gasteiger partial charge < -0.3 is 19.5 Å². The van der Waals surface area contributed by atoms with Crippen molar-refractivity contribution < 1.29 is 19.0 Å². The molecule has 0 unspecified atom stereocenters. The molecule has 3 rings (SSSR count). The predicted octanol–water partition coefficient (Wildman–Crippen LogP) is 4.08. The van der Waals surface area contributed by atoms with Crippen molar-refractivity contribution in [3.05, 3.63) is 47.0 Å². The molecule has 0 spiro atoms. The van der Waals surface area contributed by atoms with E-state index >= 15 is 0 Å². The number of carbonyl (C=O) groups excluding carboxylic acids is 1. The summed E-state index contributed by atoms with van der Waals surface area (Å²) < 4.78 is 16.9. The number of para-hydroxylation sites is 1. The number of benzene rings is 2. The molecule has 1 heterocycles. The molecule has 6 heteroatoms. The van der Waals surface area contributed by atoms with Crippen molar-refractivity contribution in [1.82, 2.24) is 0 Å². The Morgan fingerprint density at radius 2 is 2.08 bits per heavy atom. The monoisotopic (exact) mass is 361 g/mol. The Morgan fingerprint density at radius 1 is 1.28 bits per heavy atom. The molecule has 2 aromatic carbocycles. The molecule has 0 bridgehead atoms. The number of amides is 1. The number of fused-ring (bicyclic) bond motifs is 1. The standard InChI is InChI=1S/C19H20ClNO4/c1-3-23-18-9-13-8-12(2)25-17(13)10-15(18)21-19(22)11-24-16-7-5-4-6-14(16)20/h4-7,9-10,12H,3,8,11H2,1-2H3,(H,21,22)/t12-/m1/s1. The van der Waals surface area contributed by atoms with Gasteiger partial charge in [0.15, 0.2) is 6.61 Å². The van der Waals surface area contributed by atoms with Gasteiger partial charge in [0.25, 0.3) is 5.91 Å². The van der Waals surface area contributed by atoms with E-state index in [-0.39, 0.29) is 18.6 Å². The Hall–Kier alpha value is -2.40. The zero-order valence-corrected chi connectivity index (χ0v) is 14.9. The minimum Gasteiger partial charge on any atom is -0.492 e. The van der Waals surface area contributed by atoms with Gasteiger partial charge >= 0.3 is 0 Å². The van der Waals surface area contributed by atoms with Crippen LogP contribution in [-0.4, -0.2) is 25.2 Å². The molecule has 1 amide bonds. The molecule has 0 saturated carbocycles. The number of rotatable bonds is 6. The first-order valence-electron chi connectivity index (χ1n) is 8.20. The van der Waals surface area contributed by atoms with E-state index < -0.39 is 0 Å². The van der Waals surface area contributed by atoms with E-state index in [4.69, 9.17) is 25.8 Å². The molecular weight excluding hydrogens is 342 g/mol. The van der Waals surface area contributed by atoms with Crippen LogP contribution >= 0.6 is 11.6 Å². The molecule has 1 aliphatic rings. The smallest absolute Gasteiger partial charge is 0.262 e. The minimum atomic E-state index is -0.299. The van der Waals surface area contributed by atoms with Crippen LogP contribution in [0.3, 0.4) is 0 Å². The lowest BCUT2D eigenvalue weighted by atomic mass is 10.1. The van der Waals surface area contributed by atoms with Crippen LogP contribution in [0, 0.1) is 0 Å². The molecule has 0 aromatic heterocycles. The molecule has 25 heavy (non-hydrogen) atoms. The van der Waals surface area contributed by atoms with Crippen LogP contribution in [0.2, 0.25) is 5.02 Å². The Balaban J connectivity index is 1.70. The Kier molecular flexibility index (Phi) is 5.34. The molecule has 0 saturated heterocycles.